The third-order valence-corrected chi connectivity index (χ3v) is 8.36. The van der Waals surface area contributed by atoms with Gasteiger partial charge in [0.1, 0.15) is 0 Å². The van der Waals surface area contributed by atoms with Crippen molar-refractivity contribution in [2.75, 3.05) is 46.0 Å². The minimum Gasteiger partial charge on any atom is -0.338 e. The molecule has 2 fully saturated rings. The van der Waals surface area contributed by atoms with Crippen LogP contribution < -0.4 is 42.8 Å². The molecular formula is C24H36N12O3S. The summed E-state index contributed by atoms with van der Waals surface area (Å²) >= 11 is 0. The van der Waals surface area contributed by atoms with Crippen LogP contribution in [0.25, 0.3) is 0 Å². The standard InChI is InChI=1S/C24H36N12O3S/c1-13-14(2)33-39-21(13)34-40(37,38)20-5-3-19(4-6-20)29-22-30-23(35-9-15(25)7-16(26)10-35)32-24(31-22)36-11-17(27)8-18(28)12-36/h3-6,15-18,34H,7-12,25-28H2,1-2H3,(H,29,30,31,32)/t15-,16+,17-,18+. The molecule has 2 saturated heterocycles. The van der Waals surface area contributed by atoms with Crippen LogP contribution in [0, 0.1) is 13.8 Å². The fraction of sp³-hybridized carbons (Fsp3) is 0.500. The molecule has 10 N–H and O–H groups in total. The van der Waals surface area contributed by atoms with Gasteiger partial charge in [-0.3, -0.25) is 0 Å². The van der Waals surface area contributed by atoms with Crippen molar-refractivity contribution in [3.05, 3.63) is 35.5 Å². The summed E-state index contributed by atoms with van der Waals surface area (Å²) < 4.78 is 33.3. The molecule has 0 bridgehead atoms. The predicted molar refractivity (Wildman–Crippen MR) is 152 cm³/mol. The second-order valence-corrected chi connectivity index (χ2v) is 12.2. The van der Waals surface area contributed by atoms with E-state index in [4.69, 9.17) is 32.4 Å². The molecule has 4 atom stereocenters. The van der Waals surface area contributed by atoms with Crippen molar-refractivity contribution in [1.29, 1.82) is 0 Å². The molecule has 5 rings (SSSR count). The fourth-order valence-corrected chi connectivity index (χ4v) is 5.96. The quantitative estimate of drug-likeness (QED) is 0.214. The molecule has 0 saturated carbocycles. The molecule has 216 valence electrons. The molecular weight excluding hydrogens is 536 g/mol. The summed E-state index contributed by atoms with van der Waals surface area (Å²) in [6.45, 7) is 5.68. The second-order valence-electron chi connectivity index (χ2n) is 10.6. The summed E-state index contributed by atoms with van der Waals surface area (Å²) in [4.78, 5) is 17.9. The molecule has 3 aromatic rings. The average molecular weight is 573 g/mol. The lowest BCUT2D eigenvalue weighted by atomic mass is 10.0. The van der Waals surface area contributed by atoms with Crippen molar-refractivity contribution in [3.8, 4) is 0 Å². The molecule has 2 aromatic heterocycles. The third-order valence-electron chi connectivity index (χ3n) is 7.01. The van der Waals surface area contributed by atoms with E-state index in [2.05, 4.69) is 25.2 Å². The topological polar surface area (TPSA) is 233 Å². The molecule has 16 heteroatoms. The van der Waals surface area contributed by atoms with E-state index in [1.54, 1.807) is 26.0 Å². The van der Waals surface area contributed by atoms with Crippen molar-refractivity contribution in [3.63, 3.8) is 0 Å². The Balaban J connectivity index is 1.40. The predicted octanol–water partition coefficient (Wildman–Crippen LogP) is -0.250. The van der Waals surface area contributed by atoms with Gasteiger partial charge < -0.3 is 42.6 Å². The average Bonchev–Trinajstić information content (AvgIpc) is 3.19. The first kappa shape index (κ1) is 28.0. The van der Waals surface area contributed by atoms with E-state index in [0.29, 0.717) is 55.0 Å². The zero-order valence-electron chi connectivity index (χ0n) is 22.5. The number of benzene rings is 1. The maximum absolute atomic E-state index is 12.9. The van der Waals surface area contributed by atoms with Crippen LogP contribution >= 0.6 is 0 Å². The van der Waals surface area contributed by atoms with Crippen molar-refractivity contribution in [1.82, 2.24) is 20.1 Å². The number of hydrogen-bond acceptors (Lipinski definition) is 14. The number of rotatable bonds is 7. The van der Waals surface area contributed by atoms with Gasteiger partial charge in [-0.25, -0.2) is 13.1 Å². The van der Waals surface area contributed by atoms with Gasteiger partial charge in [-0.2, -0.15) is 15.0 Å². The van der Waals surface area contributed by atoms with Crippen LogP contribution in [0.4, 0.5) is 29.4 Å². The zero-order chi connectivity index (χ0) is 28.6. The van der Waals surface area contributed by atoms with Crippen LogP contribution in [0.2, 0.25) is 0 Å². The highest BCUT2D eigenvalue weighted by Crippen LogP contribution is 2.26. The van der Waals surface area contributed by atoms with Crippen LogP contribution in [-0.2, 0) is 10.0 Å². The first-order chi connectivity index (χ1) is 19.0. The van der Waals surface area contributed by atoms with Crippen LogP contribution in [0.5, 0.6) is 0 Å². The van der Waals surface area contributed by atoms with Crippen molar-refractivity contribution in [2.24, 2.45) is 22.9 Å². The number of anilines is 5. The van der Waals surface area contributed by atoms with Crippen molar-refractivity contribution >= 4 is 39.4 Å². The first-order valence-corrected chi connectivity index (χ1v) is 14.6. The Morgan fingerprint density at radius 2 is 1.32 bits per heavy atom. The summed E-state index contributed by atoms with van der Waals surface area (Å²) in [7, 11) is -3.89. The van der Waals surface area contributed by atoms with Crippen molar-refractivity contribution < 1.29 is 12.9 Å². The minimum absolute atomic E-state index is 0.0520. The van der Waals surface area contributed by atoms with Gasteiger partial charge in [-0.15, -0.1) is 0 Å². The van der Waals surface area contributed by atoms with Gasteiger partial charge in [0, 0.05) is 61.6 Å². The van der Waals surface area contributed by atoms with Gasteiger partial charge >= 0.3 is 0 Å². The maximum Gasteiger partial charge on any atom is 0.264 e. The monoisotopic (exact) mass is 572 g/mol. The Morgan fingerprint density at radius 1 is 0.825 bits per heavy atom. The molecule has 0 radical (unpaired) electrons. The van der Waals surface area contributed by atoms with Crippen LogP contribution in [-0.4, -0.2) is 78.9 Å². The molecule has 1 aromatic carbocycles. The van der Waals surface area contributed by atoms with E-state index in [9.17, 15) is 8.42 Å². The molecule has 2 aliphatic heterocycles. The normalized spacial score (nSPS) is 23.8. The number of nitrogens with one attached hydrogen (secondary N) is 2. The van der Waals surface area contributed by atoms with E-state index in [1.807, 2.05) is 9.80 Å². The Labute approximate surface area is 232 Å². The first-order valence-electron chi connectivity index (χ1n) is 13.1. The van der Waals surface area contributed by atoms with E-state index >= 15 is 0 Å². The van der Waals surface area contributed by atoms with Crippen LogP contribution in [0.3, 0.4) is 0 Å². The lowest BCUT2D eigenvalue weighted by Crippen LogP contribution is -2.54. The summed E-state index contributed by atoms with van der Waals surface area (Å²) in [5, 5.41) is 6.95. The Hall–Kier alpha value is -3.57. The van der Waals surface area contributed by atoms with E-state index in [0.717, 1.165) is 12.8 Å². The molecule has 4 heterocycles. The highest BCUT2D eigenvalue weighted by molar-refractivity contribution is 7.92. The van der Waals surface area contributed by atoms with Gasteiger partial charge in [0.05, 0.1) is 10.6 Å². The molecule has 2 aliphatic rings. The number of aryl methyl sites for hydroxylation is 1. The molecule has 0 spiro atoms. The minimum atomic E-state index is -3.89. The SMILES string of the molecule is Cc1noc(NS(=O)(=O)c2ccc(Nc3nc(N4C[C@H](N)C[C@H](N)C4)nc(N4C[C@H](N)C[C@H](N)C4)n3)cc2)c1C. The Morgan fingerprint density at radius 3 is 1.77 bits per heavy atom. The number of hydrogen-bond donors (Lipinski definition) is 6. The number of nitrogens with zero attached hydrogens (tertiary/aromatic N) is 6. The van der Waals surface area contributed by atoms with Crippen LogP contribution in [0.1, 0.15) is 24.1 Å². The third kappa shape index (κ3) is 6.26. The second kappa shape index (κ2) is 11.1. The fourth-order valence-electron chi connectivity index (χ4n) is 4.91. The zero-order valence-corrected chi connectivity index (χ0v) is 23.3. The lowest BCUT2D eigenvalue weighted by molar-refractivity contribution is 0.430. The largest absolute Gasteiger partial charge is 0.338 e. The van der Waals surface area contributed by atoms with E-state index < -0.39 is 10.0 Å². The maximum atomic E-state index is 12.9. The van der Waals surface area contributed by atoms with Gasteiger partial charge in [0.2, 0.25) is 23.7 Å². The number of piperidine rings is 2. The summed E-state index contributed by atoms with van der Waals surface area (Å²) in [5.41, 5.74) is 26.7. The van der Waals surface area contributed by atoms with E-state index in [1.165, 1.54) is 12.1 Å². The summed E-state index contributed by atoms with van der Waals surface area (Å²) in [6.07, 6.45) is 1.43. The lowest BCUT2D eigenvalue weighted by Gasteiger charge is -2.37. The molecule has 0 aliphatic carbocycles. The van der Waals surface area contributed by atoms with Crippen molar-refractivity contribution in [2.45, 2.75) is 55.8 Å². The van der Waals surface area contributed by atoms with Gasteiger partial charge in [0.15, 0.2) is 0 Å². The molecule has 15 nitrogen and oxygen atoms in total. The molecule has 40 heavy (non-hydrogen) atoms. The Bertz CT molecular complexity index is 1380. The van der Waals surface area contributed by atoms with Gasteiger partial charge in [-0.1, -0.05) is 5.16 Å². The highest BCUT2D eigenvalue weighted by Gasteiger charge is 2.29. The number of aromatic nitrogens is 4. The van der Waals surface area contributed by atoms with Gasteiger partial charge in [0.25, 0.3) is 10.0 Å². The summed E-state index contributed by atoms with van der Waals surface area (Å²) in [5.74, 6) is 1.24. The van der Waals surface area contributed by atoms with Gasteiger partial charge in [-0.05, 0) is 51.0 Å². The number of sulfonamides is 1. The Kier molecular flexibility index (Phi) is 7.78. The molecule has 0 unspecified atom stereocenters. The summed E-state index contributed by atoms with van der Waals surface area (Å²) in [6, 6.07) is 5.75. The number of nitrogens with two attached hydrogens (primary N) is 4. The van der Waals surface area contributed by atoms with Crippen LogP contribution in [0.15, 0.2) is 33.7 Å². The molecule has 0 amide bonds. The smallest absolute Gasteiger partial charge is 0.264 e. The highest BCUT2D eigenvalue weighted by atomic mass is 32.2. The van der Waals surface area contributed by atoms with E-state index in [-0.39, 0.29) is 40.9 Å².